The number of unbranched alkanes of at least 4 members (excludes halogenated alkanes) is 1. The van der Waals surface area contributed by atoms with E-state index in [4.69, 9.17) is 19.5 Å². The number of imidazole rings is 1. The summed E-state index contributed by atoms with van der Waals surface area (Å²) in [5.41, 5.74) is 4.26. The summed E-state index contributed by atoms with van der Waals surface area (Å²) in [6, 6.07) is 0. The molecule has 10 N–H and O–H groups in total. The highest BCUT2D eigenvalue weighted by atomic mass is 32.2. The van der Waals surface area contributed by atoms with Gasteiger partial charge in [0, 0.05) is 30.7 Å². The number of carbonyl (C=O) groups is 3. The number of ether oxygens (including phenoxy) is 1. The predicted molar refractivity (Wildman–Crippen MR) is 274 cm³/mol. The maximum absolute atomic E-state index is 12.8. The van der Waals surface area contributed by atoms with Crippen molar-refractivity contribution in [3.05, 3.63) is 97.7 Å². The van der Waals surface area contributed by atoms with E-state index in [0.29, 0.717) is 12.2 Å². The number of allylic oxidation sites excluding steroid dienone is 13. The average Bonchev–Trinajstić information content (AvgIpc) is 3.88. The maximum atomic E-state index is 12.8. The second-order valence-corrected chi connectivity index (χ2v) is 22.0. The molecule has 24 nitrogen and oxygen atoms in total. The van der Waals surface area contributed by atoms with Crippen LogP contribution in [0.25, 0.3) is 11.2 Å². The van der Waals surface area contributed by atoms with Crippen molar-refractivity contribution in [1.29, 1.82) is 0 Å². The van der Waals surface area contributed by atoms with E-state index in [-0.39, 0.29) is 41.6 Å². The van der Waals surface area contributed by atoms with Crippen molar-refractivity contribution in [1.82, 2.24) is 30.2 Å². The molecule has 1 saturated heterocycles. The van der Waals surface area contributed by atoms with Crippen LogP contribution >= 0.6 is 35.2 Å². The van der Waals surface area contributed by atoms with Crippen LogP contribution in [0.15, 0.2) is 97.7 Å². The van der Waals surface area contributed by atoms with Gasteiger partial charge in [-0.05, 0) is 57.4 Å². The SMILES string of the molecule is CCC=CCC=CCC=CCC=CCC=CCC=CCCC=CC(=O)SCCNC(=O)CCNC(=O)C(O)C(C)(C)COP(=O)(O)OP(=O)(O)OCC1OC(n2cnc3c(N)ncnc32)C(O)C1OP(=O)(O)O. The quantitative estimate of drug-likeness (QED) is 0.0176. The summed E-state index contributed by atoms with van der Waals surface area (Å²) in [5.74, 6) is -1.16. The van der Waals surface area contributed by atoms with Crippen LogP contribution in [0.2, 0.25) is 0 Å². The summed E-state index contributed by atoms with van der Waals surface area (Å²) in [4.78, 5) is 88.4. The lowest BCUT2D eigenvalue weighted by Gasteiger charge is -2.30. The smallest absolute Gasteiger partial charge is 0.386 e. The average molecular weight is 1100 g/mol. The lowest BCUT2D eigenvalue weighted by atomic mass is 9.87. The highest BCUT2D eigenvalue weighted by molar-refractivity contribution is 8.14. The topological polar surface area (TPSA) is 364 Å². The van der Waals surface area contributed by atoms with Crippen LogP contribution < -0.4 is 16.4 Å². The number of aliphatic hydroxyl groups is 2. The monoisotopic (exact) mass is 1100 g/mol. The lowest BCUT2D eigenvalue weighted by molar-refractivity contribution is -0.137. The number of nitrogen functional groups attached to an aromatic ring is 1. The molecule has 28 heteroatoms. The fourth-order valence-electron chi connectivity index (χ4n) is 6.34. The first-order chi connectivity index (χ1) is 34.6. The van der Waals surface area contributed by atoms with Gasteiger partial charge in [0.1, 0.15) is 36.3 Å². The number of hydrogen-bond acceptors (Lipinski definition) is 18. The van der Waals surface area contributed by atoms with Gasteiger partial charge in [0.25, 0.3) is 0 Å². The van der Waals surface area contributed by atoms with Crippen molar-refractivity contribution in [3.8, 4) is 0 Å². The second kappa shape index (κ2) is 32.2. The van der Waals surface area contributed by atoms with E-state index < -0.39 is 84.6 Å². The molecule has 1 fully saturated rings. The standard InChI is InChI=1S/C45H68N7O17P3S/c1-4-5-6-7-8-9-10-11-12-13-14-15-16-17-18-19-20-21-22-23-24-25-36(54)73-29-28-47-35(53)26-27-48-43(57)40(56)45(2,3)31-66-72(63,64)69-71(61,62)65-30-34-39(68-70(58,59)60)38(55)44(67-34)52-33-51-37-41(46)49-32-50-42(37)52/h5-6,8-9,11-12,14-15,17-18,20-21,24-25,32-34,38-40,44,55-56H,4,7,10,13,16,19,22-23,26-31H2,1-3H3,(H,47,53)(H,48,57)(H,61,62)(H,63,64)(H2,46,49,50)(H2,58,59,60). The van der Waals surface area contributed by atoms with E-state index in [1.807, 2.05) is 0 Å². The Labute approximate surface area is 428 Å². The van der Waals surface area contributed by atoms with Crippen molar-refractivity contribution in [2.45, 2.75) is 109 Å². The largest absolute Gasteiger partial charge is 0.481 e. The minimum Gasteiger partial charge on any atom is -0.386 e. The summed E-state index contributed by atoms with van der Waals surface area (Å²) >= 11 is 1.03. The number of aromatic nitrogens is 4. The zero-order valence-electron chi connectivity index (χ0n) is 40.8. The van der Waals surface area contributed by atoms with Crippen molar-refractivity contribution in [2.75, 3.05) is 37.8 Å². The normalized spacial score (nSPS) is 20.2. The number of phosphoric ester groups is 3. The Morgan fingerprint density at radius 2 is 1.41 bits per heavy atom. The molecule has 7 atom stereocenters. The van der Waals surface area contributed by atoms with E-state index >= 15 is 0 Å². The van der Waals surface area contributed by atoms with Crippen LogP contribution in [0.3, 0.4) is 0 Å². The van der Waals surface area contributed by atoms with Crippen molar-refractivity contribution in [3.63, 3.8) is 0 Å². The van der Waals surface area contributed by atoms with Gasteiger partial charge in [-0.15, -0.1) is 0 Å². The first kappa shape index (κ1) is 63.0. The molecule has 0 spiro atoms. The first-order valence-electron chi connectivity index (χ1n) is 23.2. The maximum Gasteiger partial charge on any atom is 0.481 e. The molecule has 2 aromatic heterocycles. The number of aliphatic hydroxyl groups excluding tert-OH is 2. The summed E-state index contributed by atoms with van der Waals surface area (Å²) in [6.07, 6.45) is 29.2. The number of thioether (sulfide) groups is 1. The third-order valence-electron chi connectivity index (χ3n) is 10.1. The Hall–Kier alpha value is -4.26. The van der Waals surface area contributed by atoms with Gasteiger partial charge in [0.2, 0.25) is 16.9 Å². The number of hydrogen-bond donors (Lipinski definition) is 9. The van der Waals surface area contributed by atoms with E-state index in [0.717, 1.165) is 73.9 Å². The number of nitrogens with zero attached hydrogens (tertiary/aromatic N) is 4. The molecule has 0 saturated carbocycles. The predicted octanol–water partition coefficient (Wildman–Crippen LogP) is 5.70. The summed E-state index contributed by atoms with van der Waals surface area (Å²) in [7, 11) is -16.4. The van der Waals surface area contributed by atoms with Crippen LogP contribution in [-0.4, -0.2) is 123 Å². The Balaban J connectivity index is 1.28. The molecule has 2 aromatic rings. The van der Waals surface area contributed by atoms with Gasteiger partial charge >= 0.3 is 23.5 Å². The molecule has 0 radical (unpaired) electrons. The van der Waals surface area contributed by atoms with Gasteiger partial charge in [-0.1, -0.05) is 112 Å². The number of nitrogens with two attached hydrogens (primary N) is 1. The Morgan fingerprint density at radius 3 is 2.01 bits per heavy atom. The molecule has 406 valence electrons. The number of rotatable bonds is 34. The van der Waals surface area contributed by atoms with Gasteiger partial charge < -0.3 is 50.9 Å². The first-order valence-corrected chi connectivity index (χ1v) is 28.7. The highest BCUT2D eigenvalue weighted by Gasteiger charge is 2.50. The van der Waals surface area contributed by atoms with Crippen LogP contribution in [0.1, 0.15) is 84.8 Å². The summed E-state index contributed by atoms with van der Waals surface area (Å²) < 4.78 is 62.5. The van der Waals surface area contributed by atoms with Crippen molar-refractivity contribution < 1.29 is 80.5 Å². The van der Waals surface area contributed by atoms with E-state index in [9.17, 15) is 57.9 Å². The van der Waals surface area contributed by atoms with Crippen LogP contribution in [0.4, 0.5) is 5.82 Å². The summed E-state index contributed by atoms with van der Waals surface area (Å²) in [5, 5.41) is 26.4. The molecule has 7 unspecified atom stereocenters. The zero-order chi connectivity index (χ0) is 53.9. The van der Waals surface area contributed by atoms with E-state index in [1.165, 1.54) is 19.9 Å². The van der Waals surface area contributed by atoms with E-state index in [1.54, 1.807) is 6.08 Å². The Kier molecular flexibility index (Phi) is 27.8. The summed E-state index contributed by atoms with van der Waals surface area (Å²) in [6.45, 7) is 2.57. The molecule has 0 aromatic carbocycles. The third kappa shape index (κ3) is 24.8. The molecule has 2 amide bonds. The molecule has 3 heterocycles. The van der Waals surface area contributed by atoms with Crippen LogP contribution in [-0.2, 0) is 50.7 Å². The minimum absolute atomic E-state index is 0.0284. The van der Waals surface area contributed by atoms with Crippen LogP contribution in [0.5, 0.6) is 0 Å². The number of anilines is 1. The highest BCUT2D eigenvalue weighted by Crippen LogP contribution is 2.61. The van der Waals surface area contributed by atoms with Crippen molar-refractivity contribution in [2.24, 2.45) is 5.41 Å². The molecule has 1 aliphatic heterocycles. The molecule has 0 aliphatic carbocycles. The number of phosphoric acid groups is 3. The Bertz CT molecular complexity index is 2440. The van der Waals surface area contributed by atoms with Crippen molar-refractivity contribution >= 4 is 69.1 Å². The zero-order valence-corrected chi connectivity index (χ0v) is 44.3. The molecular formula is C45H68N7O17P3S. The Morgan fingerprint density at radius 1 is 0.836 bits per heavy atom. The number of carbonyl (C=O) groups excluding carboxylic acids is 3. The van der Waals surface area contributed by atoms with Gasteiger partial charge in [-0.2, -0.15) is 4.31 Å². The molecular weight excluding hydrogens is 1040 g/mol. The number of fused-ring (bicyclic) bond motifs is 1. The van der Waals surface area contributed by atoms with Gasteiger partial charge in [0.05, 0.1) is 19.5 Å². The van der Waals surface area contributed by atoms with Gasteiger partial charge in [-0.25, -0.2) is 28.6 Å². The van der Waals surface area contributed by atoms with Gasteiger partial charge in [0.15, 0.2) is 17.7 Å². The third-order valence-corrected chi connectivity index (χ3v) is 14.0. The minimum atomic E-state index is -5.59. The number of amides is 2. The van der Waals surface area contributed by atoms with Crippen LogP contribution in [0, 0.1) is 5.41 Å². The fourth-order valence-corrected chi connectivity index (χ4v) is 9.77. The lowest BCUT2D eigenvalue weighted by Crippen LogP contribution is -2.46. The molecule has 73 heavy (non-hydrogen) atoms. The fraction of sp³-hybridized carbons (Fsp3) is 0.511. The van der Waals surface area contributed by atoms with Gasteiger partial charge in [-0.3, -0.25) is 32.5 Å². The number of nitrogens with one attached hydrogen (secondary N) is 2. The molecule has 0 bridgehead atoms. The molecule has 3 rings (SSSR count). The molecule has 1 aliphatic rings. The van der Waals surface area contributed by atoms with E-state index in [2.05, 4.69) is 114 Å². The second-order valence-electron chi connectivity index (χ2n) is 16.6.